The van der Waals surface area contributed by atoms with E-state index in [4.69, 9.17) is 23.2 Å². The molecule has 5 rings (SSSR count). The first kappa shape index (κ1) is 24.1. The Morgan fingerprint density at radius 3 is 2.60 bits per heavy atom. The molecule has 2 aromatic carbocycles. The van der Waals surface area contributed by atoms with E-state index in [1.807, 2.05) is 17.0 Å². The lowest BCUT2D eigenvalue weighted by atomic mass is 9.74. The Balaban J connectivity index is 1.31. The van der Waals surface area contributed by atoms with Crippen LogP contribution in [0.25, 0.3) is 6.08 Å². The molecule has 0 radical (unpaired) electrons. The Morgan fingerprint density at radius 2 is 1.86 bits per heavy atom. The number of rotatable bonds is 4. The predicted molar refractivity (Wildman–Crippen MR) is 145 cm³/mol. The van der Waals surface area contributed by atoms with Gasteiger partial charge in [0.15, 0.2) is 0 Å². The smallest absolute Gasteiger partial charge is 0.258 e. The van der Waals surface area contributed by atoms with Crippen molar-refractivity contribution in [2.24, 2.45) is 0 Å². The Kier molecular flexibility index (Phi) is 6.71. The van der Waals surface area contributed by atoms with Crippen LogP contribution < -0.4 is 4.90 Å². The van der Waals surface area contributed by atoms with Crippen LogP contribution in [0.1, 0.15) is 45.5 Å². The number of anilines is 1. The van der Waals surface area contributed by atoms with Crippen LogP contribution in [-0.2, 0) is 5.41 Å². The van der Waals surface area contributed by atoms with E-state index in [0.29, 0.717) is 17.3 Å². The molecule has 0 atom stereocenters. The molecular weight excluding hydrogens is 477 g/mol. The highest BCUT2D eigenvalue weighted by atomic mass is 35.5. The Bertz CT molecular complexity index is 1290. The molecule has 0 aliphatic carbocycles. The molecule has 3 aromatic rings. The molecular formula is C29H29Cl2N3O. The largest absolute Gasteiger partial charge is 0.307 e. The molecule has 0 unspecified atom stereocenters. The van der Waals surface area contributed by atoms with E-state index < -0.39 is 0 Å². The number of aryl methyl sites for hydroxylation is 2. The second-order valence-electron chi connectivity index (χ2n) is 9.76. The summed E-state index contributed by atoms with van der Waals surface area (Å²) in [4.78, 5) is 21.9. The van der Waals surface area contributed by atoms with Gasteiger partial charge in [-0.05, 0) is 86.8 Å². The summed E-state index contributed by atoms with van der Waals surface area (Å²) in [5.41, 5.74) is 6.51. The maximum absolute atomic E-state index is 13.5. The lowest BCUT2D eigenvalue weighted by molar-refractivity contribution is 0.0977. The zero-order chi connectivity index (χ0) is 24.6. The SMILES string of the molecule is Cc1ccc2c(c1)C1(CCN(C/C=C/c3ccc(Cl)cc3C)CC1)CN2C(=O)c1ccnc(Cl)c1. The third kappa shape index (κ3) is 4.88. The van der Waals surface area contributed by atoms with Crippen LogP contribution in [0.2, 0.25) is 10.2 Å². The minimum atomic E-state index is -0.0139. The molecule has 6 heteroatoms. The van der Waals surface area contributed by atoms with Crippen LogP contribution in [0, 0.1) is 13.8 Å². The van der Waals surface area contributed by atoms with Crippen LogP contribution in [0.3, 0.4) is 0 Å². The fourth-order valence-electron chi connectivity index (χ4n) is 5.40. The molecule has 1 aromatic heterocycles. The van der Waals surface area contributed by atoms with Crippen molar-refractivity contribution in [2.45, 2.75) is 32.1 Å². The highest BCUT2D eigenvalue weighted by Crippen LogP contribution is 2.47. The number of likely N-dealkylation sites (tertiary alicyclic amines) is 1. The van der Waals surface area contributed by atoms with Crippen molar-refractivity contribution in [2.75, 3.05) is 31.1 Å². The van der Waals surface area contributed by atoms with Crippen molar-refractivity contribution in [3.05, 3.63) is 98.8 Å². The minimum Gasteiger partial charge on any atom is -0.307 e. The molecule has 180 valence electrons. The first-order valence-electron chi connectivity index (χ1n) is 12.0. The normalized spacial score (nSPS) is 17.3. The van der Waals surface area contributed by atoms with Crippen molar-refractivity contribution in [1.29, 1.82) is 0 Å². The number of carbonyl (C=O) groups is 1. The molecule has 1 spiro atoms. The predicted octanol–water partition coefficient (Wildman–Crippen LogP) is 6.71. The van der Waals surface area contributed by atoms with Crippen LogP contribution in [0.15, 0.2) is 60.8 Å². The zero-order valence-corrected chi connectivity index (χ0v) is 21.6. The first-order chi connectivity index (χ1) is 16.8. The molecule has 0 saturated carbocycles. The highest BCUT2D eigenvalue weighted by molar-refractivity contribution is 6.30. The summed E-state index contributed by atoms with van der Waals surface area (Å²) in [5.74, 6) is -0.0139. The van der Waals surface area contributed by atoms with Gasteiger partial charge in [-0.25, -0.2) is 4.98 Å². The van der Waals surface area contributed by atoms with Crippen molar-refractivity contribution in [1.82, 2.24) is 9.88 Å². The molecule has 4 nitrogen and oxygen atoms in total. The summed E-state index contributed by atoms with van der Waals surface area (Å²) in [6, 6.07) is 15.9. The van der Waals surface area contributed by atoms with E-state index in [2.05, 4.69) is 60.1 Å². The third-order valence-electron chi connectivity index (χ3n) is 7.40. The number of hydrogen-bond acceptors (Lipinski definition) is 3. The second kappa shape index (κ2) is 9.77. The van der Waals surface area contributed by atoms with Gasteiger partial charge in [0.05, 0.1) is 0 Å². The van der Waals surface area contributed by atoms with E-state index in [0.717, 1.165) is 43.2 Å². The van der Waals surface area contributed by atoms with Gasteiger partial charge >= 0.3 is 0 Å². The Labute approximate surface area is 217 Å². The van der Waals surface area contributed by atoms with Crippen molar-refractivity contribution in [3.8, 4) is 0 Å². The number of halogens is 2. The molecule has 1 amide bonds. The lowest BCUT2D eigenvalue weighted by Gasteiger charge is -2.39. The average Bonchev–Trinajstić information content (AvgIpc) is 3.14. The molecule has 2 aliphatic heterocycles. The summed E-state index contributed by atoms with van der Waals surface area (Å²) in [7, 11) is 0. The van der Waals surface area contributed by atoms with Crippen molar-refractivity contribution < 1.29 is 4.79 Å². The topological polar surface area (TPSA) is 36.4 Å². The van der Waals surface area contributed by atoms with Gasteiger partial charge < -0.3 is 4.90 Å². The molecule has 1 saturated heterocycles. The quantitative estimate of drug-likeness (QED) is 0.369. The number of amides is 1. The van der Waals surface area contributed by atoms with Gasteiger partial charge in [-0.1, -0.05) is 59.1 Å². The van der Waals surface area contributed by atoms with Gasteiger partial charge in [0, 0.05) is 41.0 Å². The highest BCUT2D eigenvalue weighted by Gasteiger charge is 2.46. The van der Waals surface area contributed by atoms with E-state index in [1.165, 1.54) is 22.3 Å². The average molecular weight is 506 g/mol. The number of aromatic nitrogens is 1. The monoisotopic (exact) mass is 505 g/mol. The van der Waals surface area contributed by atoms with E-state index in [-0.39, 0.29) is 11.3 Å². The Morgan fingerprint density at radius 1 is 1.06 bits per heavy atom. The van der Waals surface area contributed by atoms with E-state index >= 15 is 0 Å². The van der Waals surface area contributed by atoms with Crippen LogP contribution in [0.4, 0.5) is 5.69 Å². The van der Waals surface area contributed by atoms with E-state index in [9.17, 15) is 4.79 Å². The van der Waals surface area contributed by atoms with Gasteiger partial charge in [0.1, 0.15) is 5.15 Å². The number of hydrogen-bond donors (Lipinski definition) is 0. The zero-order valence-electron chi connectivity index (χ0n) is 20.1. The molecule has 1 fully saturated rings. The molecule has 0 N–H and O–H groups in total. The minimum absolute atomic E-state index is 0.0131. The number of carbonyl (C=O) groups excluding carboxylic acids is 1. The Hall–Kier alpha value is -2.66. The van der Waals surface area contributed by atoms with E-state index in [1.54, 1.807) is 18.3 Å². The molecule has 3 heterocycles. The fourth-order valence-corrected chi connectivity index (χ4v) is 5.80. The summed E-state index contributed by atoms with van der Waals surface area (Å²) >= 11 is 12.2. The maximum Gasteiger partial charge on any atom is 0.258 e. The van der Waals surface area contributed by atoms with Crippen LogP contribution in [0.5, 0.6) is 0 Å². The van der Waals surface area contributed by atoms with Crippen LogP contribution in [-0.4, -0.2) is 42.0 Å². The molecule has 35 heavy (non-hydrogen) atoms. The van der Waals surface area contributed by atoms with Gasteiger partial charge in [0.25, 0.3) is 5.91 Å². The fraction of sp³-hybridized carbons (Fsp3) is 0.310. The van der Waals surface area contributed by atoms with Crippen LogP contribution >= 0.6 is 23.2 Å². The van der Waals surface area contributed by atoms with Gasteiger partial charge in [0.2, 0.25) is 0 Å². The number of benzene rings is 2. The lowest BCUT2D eigenvalue weighted by Crippen LogP contribution is -2.46. The van der Waals surface area contributed by atoms with Gasteiger partial charge in [-0.2, -0.15) is 0 Å². The third-order valence-corrected chi connectivity index (χ3v) is 7.84. The summed E-state index contributed by atoms with van der Waals surface area (Å²) in [5, 5.41) is 1.11. The summed E-state index contributed by atoms with van der Waals surface area (Å²) in [6.45, 7) is 7.83. The first-order valence-corrected chi connectivity index (χ1v) is 12.8. The number of pyridine rings is 1. The van der Waals surface area contributed by atoms with Crippen molar-refractivity contribution >= 4 is 40.9 Å². The summed E-state index contributed by atoms with van der Waals surface area (Å²) < 4.78 is 0. The van der Waals surface area contributed by atoms with Gasteiger partial charge in [-0.3, -0.25) is 9.69 Å². The summed E-state index contributed by atoms with van der Waals surface area (Å²) in [6.07, 6.45) is 8.07. The molecule has 2 aliphatic rings. The van der Waals surface area contributed by atoms with Crippen molar-refractivity contribution in [3.63, 3.8) is 0 Å². The standard InChI is InChI=1S/C29H29Cl2N3O/c1-20-5-8-26-25(16-20)29(19-34(26)28(35)23-9-12-32-27(31)18-23)10-14-33(15-11-29)13-3-4-22-6-7-24(30)17-21(22)2/h3-9,12,16-18H,10-11,13-15,19H2,1-2H3/b4-3+. The molecule has 0 bridgehead atoms. The number of fused-ring (bicyclic) bond motifs is 2. The number of piperidine rings is 1. The number of nitrogens with zero attached hydrogens (tertiary/aromatic N) is 3. The second-order valence-corrected chi connectivity index (χ2v) is 10.6. The maximum atomic E-state index is 13.5. The van der Waals surface area contributed by atoms with Gasteiger partial charge in [-0.15, -0.1) is 0 Å².